The summed E-state index contributed by atoms with van der Waals surface area (Å²) in [6.07, 6.45) is 3.25. The Kier molecular flexibility index (Phi) is 5.50. The van der Waals surface area contributed by atoms with Crippen molar-refractivity contribution >= 4 is 11.8 Å². The van der Waals surface area contributed by atoms with Gasteiger partial charge in [-0.05, 0) is 5.57 Å². The minimum atomic E-state index is -0.586. The Hall–Kier alpha value is -1.70. The number of nitrogens with two attached hydrogens (primary N) is 2. The van der Waals surface area contributed by atoms with Crippen LogP contribution in [-0.2, 0) is 14.4 Å². The third kappa shape index (κ3) is 4.28. The van der Waals surface area contributed by atoms with Gasteiger partial charge >= 0.3 is 0 Å². The zero-order valence-corrected chi connectivity index (χ0v) is 10.0. The van der Waals surface area contributed by atoms with Gasteiger partial charge in [-0.2, -0.15) is 5.48 Å². The molecule has 7 heteroatoms. The summed E-state index contributed by atoms with van der Waals surface area (Å²) in [6.45, 7) is 4.27. The van der Waals surface area contributed by atoms with Gasteiger partial charge in [-0.3, -0.25) is 14.4 Å². The molecule has 7 nitrogen and oxygen atoms in total. The van der Waals surface area contributed by atoms with Gasteiger partial charge in [-0.25, -0.2) is 0 Å². The lowest BCUT2D eigenvalue weighted by Gasteiger charge is -2.28. The minimum Gasteiger partial charge on any atom is -0.369 e. The predicted octanol–water partition coefficient (Wildman–Crippen LogP) is -1.68. The summed E-state index contributed by atoms with van der Waals surface area (Å²) in [5.74, 6) is -0.968. The molecule has 1 aliphatic rings. The Morgan fingerprint density at radius 1 is 1.61 bits per heavy atom. The van der Waals surface area contributed by atoms with Gasteiger partial charge in [-0.1, -0.05) is 12.2 Å². The van der Waals surface area contributed by atoms with E-state index in [1.54, 1.807) is 12.2 Å². The number of hydrogen-bond acceptors (Lipinski definition) is 5. The van der Waals surface area contributed by atoms with Crippen LogP contribution < -0.4 is 22.3 Å². The molecule has 0 radical (unpaired) electrons. The Balaban J connectivity index is 2.71. The van der Waals surface area contributed by atoms with Crippen LogP contribution in [-0.4, -0.2) is 37.0 Å². The quantitative estimate of drug-likeness (QED) is 0.246. The molecule has 100 valence electrons. The van der Waals surface area contributed by atoms with Gasteiger partial charge in [0.15, 0.2) is 0 Å². The summed E-state index contributed by atoms with van der Waals surface area (Å²) in [6, 6.07) is -0.815. The van der Waals surface area contributed by atoms with Crippen molar-refractivity contribution in [3.8, 4) is 0 Å². The standard InChI is InChI=1S/C11H18N4O3/c1-2-3-18-15-9-6-14-8(11(13)17)4-7(9)5-10(12)16/h2,4,8-9,14-15H,1,3,5-6H2,(H2,12,16)(H2,13,17)/t8-,9?/m1/s1. The van der Waals surface area contributed by atoms with Crippen molar-refractivity contribution in [2.75, 3.05) is 13.2 Å². The maximum atomic E-state index is 11.1. The second-order valence-electron chi connectivity index (χ2n) is 3.94. The lowest BCUT2D eigenvalue weighted by molar-refractivity contribution is -0.120. The van der Waals surface area contributed by atoms with Gasteiger partial charge in [-0.15, -0.1) is 6.58 Å². The number of carbonyl (C=O) groups excluding carboxylic acids is 2. The Labute approximate surface area is 105 Å². The van der Waals surface area contributed by atoms with E-state index >= 15 is 0 Å². The van der Waals surface area contributed by atoms with E-state index in [0.29, 0.717) is 18.7 Å². The second-order valence-corrected chi connectivity index (χ2v) is 3.94. The highest BCUT2D eigenvalue weighted by molar-refractivity contribution is 5.83. The fourth-order valence-electron chi connectivity index (χ4n) is 1.66. The topological polar surface area (TPSA) is 119 Å². The highest BCUT2D eigenvalue weighted by Crippen LogP contribution is 2.13. The first-order valence-corrected chi connectivity index (χ1v) is 5.54. The van der Waals surface area contributed by atoms with Crippen molar-refractivity contribution in [3.05, 3.63) is 24.3 Å². The van der Waals surface area contributed by atoms with Crippen molar-refractivity contribution < 1.29 is 14.4 Å². The molecule has 0 bridgehead atoms. The number of primary amides is 2. The van der Waals surface area contributed by atoms with Crippen molar-refractivity contribution in [3.63, 3.8) is 0 Å². The average Bonchev–Trinajstić information content (AvgIpc) is 2.30. The molecule has 1 rings (SSSR count). The van der Waals surface area contributed by atoms with Gasteiger partial charge in [0.05, 0.1) is 12.6 Å². The normalized spacial score (nSPS) is 23.2. The molecule has 0 saturated heterocycles. The van der Waals surface area contributed by atoms with E-state index in [1.165, 1.54) is 0 Å². The molecular weight excluding hydrogens is 236 g/mol. The summed E-state index contributed by atoms with van der Waals surface area (Å²) in [4.78, 5) is 27.2. The Morgan fingerprint density at radius 2 is 2.33 bits per heavy atom. The maximum absolute atomic E-state index is 11.1. The van der Waals surface area contributed by atoms with Crippen LogP contribution in [0.25, 0.3) is 0 Å². The molecule has 0 fully saturated rings. The van der Waals surface area contributed by atoms with Crippen molar-refractivity contribution in [2.24, 2.45) is 11.5 Å². The fraction of sp³-hybridized carbons (Fsp3) is 0.455. The molecule has 2 atom stereocenters. The Bertz CT molecular complexity index is 367. The highest BCUT2D eigenvalue weighted by atomic mass is 16.6. The number of hydrogen-bond donors (Lipinski definition) is 4. The second kappa shape index (κ2) is 6.90. The van der Waals surface area contributed by atoms with E-state index in [0.717, 1.165) is 0 Å². The van der Waals surface area contributed by atoms with Gasteiger partial charge < -0.3 is 16.8 Å². The van der Waals surface area contributed by atoms with Crippen LogP contribution in [0.15, 0.2) is 24.3 Å². The number of hydroxylamine groups is 1. The van der Waals surface area contributed by atoms with Gasteiger partial charge in [0, 0.05) is 13.0 Å². The molecule has 0 aromatic heterocycles. The molecule has 6 N–H and O–H groups in total. The van der Waals surface area contributed by atoms with Crippen LogP contribution in [0.5, 0.6) is 0 Å². The number of nitrogens with one attached hydrogen (secondary N) is 2. The van der Waals surface area contributed by atoms with Crippen LogP contribution in [0.1, 0.15) is 6.42 Å². The largest absolute Gasteiger partial charge is 0.369 e. The van der Waals surface area contributed by atoms with Crippen molar-refractivity contribution in [1.29, 1.82) is 0 Å². The monoisotopic (exact) mass is 254 g/mol. The number of amides is 2. The van der Waals surface area contributed by atoms with E-state index < -0.39 is 17.9 Å². The summed E-state index contributed by atoms with van der Waals surface area (Å²) in [7, 11) is 0. The van der Waals surface area contributed by atoms with Crippen LogP contribution in [0.3, 0.4) is 0 Å². The molecule has 0 spiro atoms. The molecule has 0 aromatic rings. The Morgan fingerprint density at radius 3 is 2.89 bits per heavy atom. The zero-order chi connectivity index (χ0) is 13.5. The van der Waals surface area contributed by atoms with Crippen LogP contribution in [0.2, 0.25) is 0 Å². The molecule has 1 aliphatic heterocycles. The fourth-order valence-corrected chi connectivity index (χ4v) is 1.66. The lowest BCUT2D eigenvalue weighted by atomic mass is 9.97. The number of rotatable bonds is 7. The summed E-state index contributed by atoms with van der Waals surface area (Å²) >= 11 is 0. The molecule has 0 aliphatic carbocycles. The molecule has 0 saturated carbocycles. The van der Waals surface area contributed by atoms with Crippen LogP contribution in [0, 0.1) is 0 Å². The maximum Gasteiger partial charge on any atom is 0.238 e. The van der Waals surface area contributed by atoms with Crippen LogP contribution >= 0.6 is 0 Å². The lowest BCUT2D eigenvalue weighted by Crippen LogP contribution is -2.52. The van der Waals surface area contributed by atoms with E-state index in [9.17, 15) is 9.59 Å². The first-order valence-electron chi connectivity index (χ1n) is 5.54. The zero-order valence-electron chi connectivity index (χ0n) is 10.0. The van der Waals surface area contributed by atoms with Crippen molar-refractivity contribution in [1.82, 2.24) is 10.8 Å². The van der Waals surface area contributed by atoms with Gasteiger partial charge in [0.2, 0.25) is 11.8 Å². The molecule has 0 aromatic carbocycles. The predicted molar refractivity (Wildman–Crippen MR) is 66.0 cm³/mol. The minimum absolute atomic E-state index is 0.0561. The first-order chi connectivity index (χ1) is 8.54. The molecule has 2 amide bonds. The van der Waals surface area contributed by atoms with Crippen LogP contribution in [0.4, 0.5) is 0 Å². The third-order valence-electron chi connectivity index (χ3n) is 2.48. The molecule has 1 unspecified atom stereocenters. The summed E-state index contributed by atoms with van der Waals surface area (Å²) in [5, 5.41) is 2.93. The average molecular weight is 254 g/mol. The molecule has 18 heavy (non-hydrogen) atoms. The number of carbonyl (C=O) groups is 2. The first kappa shape index (κ1) is 14.4. The summed E-state index contributed by atoms with van der Waals surface area (Å²) < 4.78 is 0. The van der Waals surface area contributed by atoms with Gasteiger partial charge in [0.25, 0.3) is 0 Å². The SMILES string of the molecule is C=CCONC1CN[C@@H](C(N)=O)C=C1CC(N)=O. The highest BCUT2D eigenvalue weighted by Gasteiger charge is 2.26. The molecular formula is C11H18N4O3. The molecule has 1 heterocycles. The summed E-state index contributed by atoms with van der Waals surface area (Å²) in [5.41, 5.74) is 13.8. The van der Waals surface area contributed by atoms with E-state index in [2.05, 4.69) is 17.4 Å². The van der Waals surface area contributed by atoms with E-state index in [-0.39, 0.29) is 12.5 Å². The van der Waals surface area contributed by atoms with E-state index in [1.807, 2.05) is 0 Å². The van der Waals surface area contributed by atoms with E-state index in [4.69, 9.17) is 16.3 Å². The third-order valence-corrected chi connectivity index (χ3v) is 2.48. The smallest absolute Gasteiger partial charge is 0.238 e. The van der Waals surface area contributed by atoms with Gasteiger partial charge in [0.1, 0.15) is 6.04 Å². The van der Waals surface area contributed by atoms with Crippen molar-refractivity contribution in [2.45, 2.75) is 18.5 Å².